The Morgan fingerprint density at radius 1 is 1.14 bits per heavy atom. The zero-order valence-electron chi connectivity index (χ0n) is 16.2. The Labute approximate surface area is 169 Å². The van der Waals surface area contributed by atoms with Crippen molar-refractivity contribution >= 4 is 27.5 Å². The molecule has 1 aromatic heterocycles. The van der Waals surface area contributed by atoms with Gasteiger partial charge < -0.3 is 10.1 Å². The van der Waals surface area contributed by atoms with E-state index in [9.17, 15) is 4.79 Å². The van der Waals surface area contributed by atoms with Crippen molar-refractivity contribution in [3.8, 4) is 5.75 Å². The lowest BCUT2D eigenvalue weighted by molar-refractivity contribution is -0.126. The van der Waals surface area contributed by atoms with Crippen LogP contribution in [0.3, 0.4) is 0 Å². The molecule has 1 heterocycles. The van der Waals surface area contributed by atoms with E-state index in [-0.39, 0.29) is 17.7 Å². The van der Waals surface area contributed by atoms with Gasteiger partial charge in [-0.25, -0.2) is 4.98 Å². The number of thiazole rings is 1. The first kappa shape index (κ1) is 18.9. The first-order valence-electron chi connectivity index (χ1n) is 10.0. The molecule has 1 aliphatic carbocycles. The standard InChI is InChI=1S/C23H26N2O2S/c1-27-17-12-10-16(11-13-17)14-15-24-22(26)18-6-2-3-7-19(18)23-25-20-8-4-5-9-21(20)28-23/h4-5,8-13,18-19H,2-3,6-7,14-15H2,1H3,(H,24,26). The molecule has 2 unspecified atom stereocenters. The monoisotopic (exact) mass is 394 g/mol. The minimum Gasteiger partial charge on any atom is -0.497 e. The minimum absolute atomic E-state index is 0.0326. The molecule has 1 fully saturated rings. The summed E-state index contributed by atoms with van der Waals surface area (Å²) >= 11 is 1.75. The normalized spacial score (nSPS) is 19.5. The maximum atomic E-state index is 12.9. The van der Waals surface area contributed by atoms with Crippen molar-refractivity contribution < 1.29 is 9.53 Å². The van der Waals surface area contributed by atoms with Gasteiger partial charge in [-0.05, 0) is 49.1 Å². The molecule has 1 N–H and O–H groups in total. The summed E-state index contributed by atoms with van der Waals surface area (Å²) in [5.41, 5.74) is 2.25. The fraction of sp³-hybridized carbons (Fsp3) is 0.391. The van der Waals surface area contributed by atoms with Gasteiger partial charge in [-0.15, -0.1) is 11.3 Å². The highest BCUT2D eigenvalue weighted by atomic mass is 32.1. The highest BCUT2D eigenvalue weighted by Gasteiger charge is 2.33. The van der Waals surface area contributed by atoms with Gasteiger partial charge in [0.2, 0.25) is 5.91 Å². The quantitative estimate of drug-likeness (QED) is 0.644. The molecule has 2 atom stereocenters. The van der Waals surface area contributed by atoms with Gasteiger partial charge in [0.25, 0.3) is 0 Å². The molecule has 0 bridgehead atoms. The van der Waals surface area contributed by atoms with E-state index < -0.39 is 0 Å². The van der Waals surface area contributed by atoms with Crippen LogP contribution in [0.15, 0.2) is 48.5 Å². The van der Waals surface area contributed by atoms with E-state index >= 15 is 0 Å². The Hall–Kier alpha value is -2.40. The number of hydrogen-bond acceptors (Lipinski definition) is 4. The van der Waals surface area contributed by atoms with E-state index in [1.54, 1.807) is 18.4 Å². The van der Waals surface area contributed by atoms with Crippen LogP contribution in [0, 0.1) is 5.92 Å². The predicted molar refractivity (Wildman–Crippen MR) is 114 cm³/mol. The molecule has 0 saturated heterocycles. The van der Waals surface area contributed by atoms with Gasteiger partial charge in [0.05, 0.1) is 22.3 Å². The van der Waals surface area contributed by atoms with Crippen LogP contribution in [0.5, 0.6) is 5.75 Å². The van der Waals surface area contributed by atoms with Crippen LogP contribution in [0.25, 0.3) is 10.2 Å². The molecule has 1 amide bonds. The third-order valence-corrected chi connectivity index (χ3v) is 6.77. The molecular weight excluding hydrogens is 368 g/mol. The number of carbonyl (C=O) groups excluding carboxylic acids is 1. The van der Waals surface area contributed by atoms with Gasteiger partial charge >= 0.3 is 0 Å². The van der Waals surface area contributed by atoms with E-state index in [2.05, 4.69) is 35.6 Å². The highest BCUT2D eigenvalue weighted by molar-refractivity contribution is 7.18. The Balaban J connectivity index is 1.39. The largest absolute Gasteiger partial charge is 0.497 e. The summed E-state index contributed by atoms with van der Waals surface area (Å²) in [6, 6.07) is 16.3. The number of nitrogens with zero attached hydrogens (tertiary/aromatic N) is 1. The molecule has 146 valence electrons. The molecule has 1 aliphatic rings. The number of amides is 1. The molecule has 5 heteroatoms. The van der Waals surface area contributed by atoms with Gasteiger partial charge in [0, 0.05) is 18.4 Å². The molecule has 4 nitrogen and oxygen atoms in total. The smallest absolute Gasteiger partial charge is 0.223 e. The van der Waals surface area contributed by atoms with Gasteiger partial charge in [-0.1, -0.05) is 37.1 Å². The summed E-state index contributed by atoms with van der Waals surface area (Å²) in [4.78, 5) is 17.8. The lowest BCUT2D eigenvalue weighted by Crippen LogP contribution is -2.36. The number of benzene rings is 2. The Morgan fingerprint density at radius 2 is 1.93 bits per heavy atom. The van der Waals surface area contributed by atoms with Crippen LogP contribution < -0.4 is 10.1 Å². The van der Waals surface area contributed by atoms with Crippen molar-refractivity contribution in [1.82, 2.24) is 10.3 Å². The van der Waals surface area contributed by atoms with Gasteiger partial charge in [-0.2, -0.15) is 0 Å². The maximum Gasteiger partial charge on any atom is 0.223 e. The van der Waals surface area contributed by atoms with Crippen LogP contribution in [0.2, 0.25) is 0 Å². The van der Waals surface area contributed by atoms with Gasteiger partial charge in [0.15, 0.2) is 0 Å². The molecule has 1 saturated carbocycles. The fourth-order valence-electron chi connectivity index (χ4n) is 4.04. The Bertz CT molecular complexity index is 902. The summed E-state index contributed by atoms with van der Waals surface area (Å²) in [5, 5.41) is 4.29. The molecule has 4 rings (SSSR count). The first-order chi connectivity index (χ1) is 13.7. The fourth-order valence-corrected chi connectivity index (χ4v) is 5.21. The van der Waals surface area contributed by atoms with Crippen molar-refractivity contribution in [2.24, 2.45) is 5.92 Å². The van der Waals surface area contributed by atoms with E-state index in [0.29, 0.717) is 6.54 Å². The van der Waals surface area contributed by atoms with Gasteiger partial charge in [-0.3, -0.25) is 4.79 Å². The summed E-state index contributed by atoms with van der Waals surface area (Å²) < 4.78 is 6.40. The summed E-state index contributed by atoms with van der Waals surface area (Å²) in [5.74, 6) is 1.31. The summed E-state index contributed by atoms with van der Waals surface area (Å²) in [6.07, 6.45) is 5.13. The number of hydrogen-bond donors (Lipinski definition) is 1. The van der Waals surface area contributed by atoms with Crippen molar-refractivity contribution in [1.29, 1.82) is 0 Å². The number of carbonyl (C=O) groups is 1. The molecule has 0 aliphatic heterocycles. The lowest BCUT2D eigenvalue weighted by Gasteiger charge is -2.29. The molecule has 2 aromatic carbocycles. The van der Waals surface area contributed by atoms with E-state index in [4.69, 9.17) is 9.72 Å². The zero-order valence-corrected chi connectivity index (χ0v) is 17.0. The third-order valence-electron chi connectivity index (χ3n) is 5.60. The average Bonchev–Trinajstić information content (AvgIpc) is 3.18. The zero-order chi connectivity index (χ0) is 19.3. The van der Waals surface area contributed by atoms with E-state index in [0.717, 1.165) is 42.0 Å². The van der Waals surface area contributed by atoms with Crippen LogP contribution in [-0.4, -0.2) is 24.5 Å². The SMILES string of the molecule is COc1ccc(CCNC(=O)C2CCCCC2c2nc3ccccc3s2)cc1. The van der Waals surface area contributed by atoms with E-state index in [1.807, 2.05) is 18.2 Å². The molecule has 0 spiro atoms. The number of nitrogens with one attached hydrogen (secondary N) is 1. The van der Waals surface area contributed by atoms with Crippen LogP contribution in [0.1, 0.15) is 42.2 Å². The van der Waals surface area contributed by atoms with Crippen molar-refractivity contribution in [3.63, 3.8) is 0 Å². The van der Waals surface area contributed by atoms with Gasteiger partial charge in [0.1, 0.15) is 5.75 Å². The van der Waals surface area contributed by atoms with Crippen molar-refractivity contribution in [2.75, 3.05) is 13.7 Å². The Morgan fingerprint density at radius 3 is 2.71 bits per heavy atom. The predicted octanol–water partition coefficient (Wildman–Crippen LogP) is 4.94. The van der Waals surface area contributed by atoms with Crippen LogP contribution in [0.4, 0.5) is 0 Å². The number of rotatable bonds is 6. The summed E-state index contributed by atoms with van der Waals surface area (Å²) in [7, 11) is 1.67. The second kappa shape index (κ2) is 8.74. The van der Waals surface area contributed by atoms with Crippen molar-refractivity contribution in [3.05, 3.63) is 59.1 Å². The highest BCUT2D eigenvalue weighted by Crippen LogP contribution is 2.40. The van der Waals surface area contributed by atoms with Crippen LogP contribution >= 0.6 is 11.3 Å². The number of ether oxygens (including phenoxy) is 1. The number of aromatic nitrogens is 1. The first-order valence-corrected chi connectivity index (χ1v) is 10.8. The molecule has 0 radical (unpaired) electrons. The maximum absolute atomic E-state index is 12.9. The number of methoxy groups -OCH3 is 1. The summed E-state index contributed by atoms with van der Waals surface area (Å²) in [6.45, 7) is 0.661. The third kappa shape index (κ3) is 4.20. The second-order valence-electron chi connectivity index (χ2n) is 7.41. The number of para-hydroxylation sites is 1. The second-order valence-corrected chi connectivity index (χ2v) is 8.47. The topological polar surface area (TPSA) is 51.2 Å². The number of fused-ring (bicyclic) bond motifs is 1. The Kier molecular flexibility index (Phi) is 5.91. The molecule has 28 heavy (non-hydrogen) atoms. The van der Waals surface area contributed by atoms with Crippen molar-refractivity contribution in [2.45, 2.75) is 38.0 Å². The lowest BCUT2D eigenvalue weighted by atomic mass is 9.79. The molecule has 3 aromatic rings. The molecular formula is C23H26N2O2S. The van der Waals surface area contributed by atoms with E-state index in [1.165, 1.54) is 16.7 Å². The minimum atomic E-state index is 0.0326. The average molecular weight is 395 g/mol. The van der Waals surface area contributed by atoms with Crippen LogP contribution in [-0.2, 0) is 11.2 Å².